The molecule has 0 saturated carbocycles. The molecule has 0 fully saturated rings. The average Bonchev–Trinajstić information content (AvgIpc) is 3.03. The van der Waals surface area contributed by atoms with E-state index in [0.717, 1.165) is 6.07 Å². The number of carbonyl (C=O) groups excluding carboxylic acids is 3. The van der Waals surface area contributed by atoms with Crippen molar-refractivity contribution >= 4 is 33.4 Å². The first-order valence-corrected chi connectivity index (χ1v) is 11.1. The van der Waals surface area contributed by atoms with Crippen molar-refractivity contribution in [1.82, 2.24) is 14.9 Å². The summed E-state index contributed by atoms with van der Waals surface area (Å²) in [6.45, 7) is -0.250. The van der Waals surface area contributed by atoms with Gasteiger partial charge in [0, 0.05) is 26.3 Å². The van der Waals surface area contributed by atoms with Gasteiger partial charge in [-0.2, -0.15) is 0 Å². The lowest BCUT2D eigenvalue weighted by molar-refractivity contribution is -0.385. The molecule has 2 aromatic rings. The van der Waals surface area contributed by atoms with Crippen LogP contribution in [0.15, 0.2) is 47.4 Å². The Labute approximate surface area is 188 Å². The van der Waals surface area contributed by atoms with Gasteiger partial charge in [-0.15, -0.1) is 0 Å². The molecular weight excluding hydrogens is 456 g/mol. The maximum Gasteiger partial charge on any atom is 0.282 e. The molecule has 3 rings (SSSR count). The van der Waals surface area contributed by atoms with Crippen LogP contribution in [0.4, 0.5) is 5.69 Å². The number of sulfonamides is 1. The first-order valence-electron chi connectivity index (χ1n) is 9.63. The first-order chi connectivity index (χ1) is 15.7. The Kier molecular flexibility index (Phi) is 7.16. The van der Waals surface area contributed by atoms with Gasteiger partial charge in [-0.3, -0.25) is 29.4 Å². The number of rotatable bonds is 10. The fourth-order valence-corrected chi connectivity index (χ4v) is 4.17. The van der Waals surface area contributed by atoms with Crippen molar-refractivity contribution in [3.05, 3.63) is 69.3 Å². The molecule has 2 aromatic carbocycles. The molecule has 13 heteroatoms. The normalized spacial score (nSPS) is 13.2. The van der Waals surface area contributed by atoms with E-state index in [1.165, 1.54) is 43.5 Å². The number of nitro benzene ring substituents is 1. The zero-order valence-electron chi connectivity index (χ0n) is 17.4. The maximum atomic E-state index is 12.5. The van der Waals surface area contributed by atoms with Crippen molar-refractivity contribution in [2.24, 2.45) is 0 Å². The minimum atomic E-state index is -3.69. The Bertz CT molecular complexity index is 1210. The Morgan fingerprint density at radius 3 is 2.45 bits per heavy atom. The molecule has 12 nitrogen and oxygen atoms in total. The van der Waals surface area contributed by atoms with Crippen LogP contribution in [-0.4, -0.2) is 62.8 Å². The number of hydrogen-bond donors (Lipinski definition) is 2. The zero-order chi connectivity index (χ0) is 24.2. The number of methoxy groups -OCH3 is 1. The molecular formula is C20H20N4O8S. The summed E-state index contributed by atoms with van der Waals surface area (Å²) in [4.78, 5) is 48.3. The quantitative estimate of drug-likeness (QED) is 0.216. The van der Waals surface area contributed by atoms with Crippen molar-refractivity contribution < 1.29 is 32.5 Å². The highest BCUT2D eigenvalue weighted by Crippen LogP contribution is 2.30. The molecule has 1 aliphatic heterocycles. The molecule has 174 valence electrons. The minimum absolute atomic E-state index is 0.0135. The van der Waals surface area contributed by atoms with E-state index in [1.807, 2.05) is 0 Å². The van der Waals surface area contributed by atoms with E-state index in [1.54, 1.807) is 0 Å². The molecule has 0 aromatic heterocycles. The van der Waals surface area contributed by atoms with E-state index >= 15 is 0 Å². The van der Waals surface area contributed by atoms with Gasteiger partial charge in [-0.25, -0.2) is 13.1 Å². The van der Waals surface area contributed by atoms with E-state index in [0.29, 0.717) is 10.5 Å². The summed E-state index contributed by atoms with van der Waals surface area (Å²) in [5.74, 6) is -2.36. The van der Waals surface area contributed by atoms with Gasteiger partial charge < -0.3 is 10.1 Å². The average molecular weight is 476 g/mol. The largest absolute Gasteiger partial charge is 0.383 e. The summed E-state index contributed by atoms with van der Waals surface area (Å²) in [6.07, 6.45) is 0. The summed E-state index contributed by atoms with van der Waals surface area (Å²) in [5, 5.41) is 13.7. The number of nitro groups is 1. The van der Waals surface area contributed by atoms with Crippen LogP contribution in [0.5, 0.6) is 0 Å². The highest BCUT2D eigenvalue weighted by atomic mass is 32.2. The van der Waals surface area contributed by atoms with Crippen LogP contribution in [0.1, 0.15) is 26.3 Å². The SMILES string of the molecule is COCCNS(=O)(=O)c1ccc(CNC(=O)CN2C(=O)c3cccc([N+](=O)[O-])c3C2=O)cc1. The summed E-state index contributed by atoms with van der Waals surface area (Å²) >= 11 is 0. The number of benzene rings is 2. The second-order valence-electron chi connectivity index (χ2n) is 6.96. The Morgan fingerprint density at radius 2 is 1.82 bits per heavy atom. The van der Waals surface area contributed by atoms with Crippen LogP contribution >= 0.6 is 0 Å². The molecule has 33 heavy (non-hydrogen) atoms. The highest BCUT2D eigenvalue weighted by Gasteiger charge is 2.41. The second kappa shape index (κ2) is 9.85. The molecule has 0 unspecified atom stereocenters. The molecule has 0 spiro atoms. The van der Waals surface area contributed by atoms with Gasteiger partial charge >= 0.3 is 0 Å². The van der Waals surface area contributed by atoms with Crippen LogP contribution in [0.25, 0.3) is 0 Å². The Morgan fingerprint density at radius 1 is 1.12 bits per heavy atom. The third-order valence-corrected chi connectivity index (χ3v) is 6.27. The van der Waals surface area contributed by atoms with Gasteiger partial charge in [0.15, 0.2) is 0 Å². The predicted molar refractivity (Wildman–Crippen MR) is 114 cm³/mol. The van der Waals surface area contributed by atoms with Gasteiger partial charge in [0.05, 0.1) is 22.0 Å². The molecule has 0 saturated heterocycles. The Hall–Kier alpha value is -3.68. The topological polar surface area (TPSA) is 165 Å². The molecule has 3 amide bonds. The van der Waals surface area contributed by atoms with Gasteiger partial charge in [0.1, 0.15) is 12.1 Å². The smallest absolute Gasteiger partial charge is 0.282 e. The molecule has 1 heterocycles. The van der Waals surface area contributed by atoms with Gasteiger partial charge in [-0.1, -0.05) is 18.2 Å². The number of fused-ring (bicyclic) bond motifs is 1. The van der Waals surface area contributed by atoms with Gasteiger partial charge in [0.2, 0.25) is 15.9 Å². The lowest BCUT2D eigenvalue weighted by Crippen LogP contribution is -2.40. The van der Waals surface area contributed by atoms with Crippen LogP contribution in [0, 0.1) is 10.1 Å². The standard InChI is InChI=1S/C20H20N4O8S/c1-32-10-9-22-33(30,31)14-7-5-13(6-8-14)11-21-17(25)12-23-19(26)15-3-2-4-16(24(28)29)18(15)20(23)27/h2-8,22H,9-12H2,1H3,(H,21,25). The van der Waals surface area contributed by atoms with Crippen molar-refractivity contribution in [3.8, 4) is 0 Å². The lowest BCUT2D eigenvalue weighted by Gasteiger charge is -2.13. The molecule has 0 radical (unpaired) electrons. The lowest BCUT2D eigenvalue weighted by atomic mass is 10.1. The number of amides is 3. The van der Waals surface area contributed by atoms with Crippen LogP contribution in [0.3, 0.4) is 0 Å². The number of hydrogen-bond acceptors (Lipinski definition) is 8. The van der Waals surface area contributed by atoms with E-state index in [2.05, 4.69) is 10.0 Å². The van der Waals surface area contributed by atoms with Crippen molar-refractivity contribution in [2.45, 2.75) is 11.4 Å². The summed E-state index contributed by atoms with van der Waals surface area (Å²) in [6, 6.07) is 9.47. The number of nitrogens with one attached hydrogen (secondary N) is 2. The summed E-state index contributed by atoms with van der Waals surface area (Å²) < 4.78 is 31.5. The fourth-order valence-electron chi connectivity index (χ4n) is 3.16. The van der Waals surface area contributed by atoms with Crippen LogP contribution in [0.2, 0.25) is 0 Å². The van der Waals surface area contributed by atoms with Crippen molar-refractivity contribution in [2.75, 3.05) is 26.8 Å². The third-order valence-electron chi connectivity index (χ3n) is 4.80. The van der Waals surface area contributed by atoms with Crippen molar-refractivity contribution in [1.29, 1.82) is 0 Å². The third kappa shape index (κ3) is 5.22. The minimum Gasteiger partial charge on any atom is -0.383 e. The molecule has 1 aliphatic rings. The number of ether oxygens (including phenoxy) is 1. The van der Waals surface area contributed by atoms with Crippen LogP contribution in [-0.2, 0) is 26.1 Å². The molecule has 0 atom stereocenters. The van der Waals surface area contributed by atoms with Crippen molar-refractivity contribution in [3.63, 3.8) is 0 Å². The highest BCUT2D eigenvalue weighted by molar-refractivity contribution is 7.89. The first kappa shape index (κ1) is 24.0. The summed E-state index contributed by atoms with van der Waals surface area (Å²) in [7, 11) is -2.24. The van der Waals surface area contributed by atoms with E-state index in [-0.39, 0.29) is 35.7 Å². The molecule has 0 bridgehead atoms. The number of nitrogens with zero attached hydrogens (tertiary/aromatic N) is 2. The monoisotopic (exact) mass is 476 g/mol. The fraction of sp³-hybridized carbons (Fsp3) is 0.250. The van der Waals surface area contributed by atoms with E-state index in [9.17, 15) is 32.9 Å². The number of carbonyl (C=O) groups is 3. The molecule has 0 aliphatic carbocycles. The summed E-state index contributed by atoms with van der Waals surface area (Å²) in [5.41, 5.74) is -0.383. The maximum absolute atomic E-state index is 12.5. The zero-order valence-corrected chi connectivity index (χ0v) is 18.3. The van der Waals surface area contributed by atoms with Gasteiger partial charge in [-0.05, 0) is 23.8 Å². The number of imide groups is 1. The second-order valence-corrected chi connectivity index (χ2v) is 8.73. The molecule has 2 N–H and O–H groups in total. The van der Waals surface area contributed by atoms with E-state index in [4.69, 9.17) is 4.74 Å². The van der Waals surface area contributed by atoms with Gasteiger partial charge in [0.25, 0.3) is 17.5 Å². The Balaban J connectivity index is 1.60. The van der Waals surface area contributed by atoms with Crippen LogP contribution < -0.4 is 10.0 Å². The van der Waals surface area contributed by atoms with E-state index < -0.39 is 44.9 Å². The predicted octanol–water partition coefficient (Wildman–Crippen LogP) is 0.432.